The van der Waals surface area contributed by atoms with E-state index in [0.717, 1.165) is 28.3 Å². The first kappa shape index (κ1) is 17.1. The number of thioether (sulfide) groups is 1. The maximum absolute atomic E-state index is 12.6. The molecule has 1 aliphatic rings. The van der Waals surface area contributed by atoms with Crippen molar-refractivity contribution in [3.05, 3.63) is 58.3 Å². The fraction of sp³-hybridized carbons (Fsp3) is 0.211. The number of nitrogen functional groups attached to an aromatic ring is 1. The van der Waals surface area contributed by atoms with Crippen LogP contribution in [-0.4, -0.2) is 27.7 Å². The first-order valence-electron chi connectivity index (χ1n) is 8.39. The molecule has 3 aromatic rings. The third kappa shape index (κ3) is 3.59. The lowest BCUT2D eigenvalue weighted by Gasteiger charge is -2.09. The van der Waals surface area contributed by atoms with Gasteiger partial charge in [0, 0.05) is 22.5 Å². The maximum atomic E-state index is 12.6. The number of benzene rings is 1. The van der Waals surface area contributed by atoms with Crippen LogP contribution in [-0.2, 0) is 17.6 Å². The largest absolute Gasteiger partial charge is 0.368 e. The van der Waals surface area contributed by atoms with Crippen LogP contribution in [0.25, 0.3) is 11.3 Å². The highest BCUT2D eigenvalue weighted by Crippen LogP contribution is 2.40. The van der Waals surface area contributed by atoms with Gasteiger partial charge < -0.3 is 11.1 Å². The standard InChI is InChI=1S/C19H18N4OS2/c20-19-22-16(12-5-2-1-3-6-12)14-11-15(26-18(14)23-19)17(24)21-9-8-13-7-4-10-25-13/h1-7,10,15H,8-9,11H2,(H,21,24)(H2,20,22,23). The Morgan fingerprint density at radius 3 is 2.81 bits per heavy atom. The van der Waals surface area contributed by atoms with Crippen LogP contribution in [0.5, 0.6) is 0 Å². The van der Waals surface area contributed by atoms with E-state index in [-0.39, 0.29) is 17.1 Å². The molecule has 0 spiro atoms. The van der Waals surface area contributed by atoms with Crippen LogP contribution in [0.1, 0.15) is 10.4 Å². The molecule has 0 saturated heterocycles. The highest BCUT2D eigenvalue weighted by Gasteiger charge is 2.32. The Morgan fingerprint density at radius 2 is 2.04 bits per heavy atom. The molecule has 2 aromatic heterocycles. The smallest absolute Gasteiger partial charge is 0.233 e. The zero-order chi connectivity index (χ0) is 17.9. The van der Waals surface area contributed by atoms with Crippen molar-refractivity contribution >= 4 is 35.0 Å². The number of fused-ring (bicyclic) bond motifs is 1. The van der Waals surface area contributed by atoms with Gasteiger partial charge in [-0.15, -0.1) is 11.3 Å². The van der Waals surface area contributed by atoms with Crippen LogP contribution in [0, 0.1) is 0 Å². The van der Waals surface area contributed by atoms with Crippen molar-refractivity contribution in [1.29, 1.82) is 0 Å². The number of anilines is 1. The molecule has 0 aliphatic carbocycles. The first-order chi connectivity index (χ1) is 12.7. The zero-order valence-corrected chi connectivity index (χ0v) is 15.6. The Morgan fingerprint density at radius 1 is 1.19 bits per heavy atom. The zero-order valence-electron chi connectivity index (χ0n) is 14.0. The minimum atomic E-state index is -0.188. The minimum absolute atomic E-state index is 0.0436. The number of amides is 1. The molecule has 4 rings (SSSR count). The number of rotatable bonds is 5. The summed E-state index contributed by atoms with van der Waals surface area (Å²) in [6.45, 7) is 0.645. The van der Waals surface area contributed by atoms with E-state index >= 15 is 0 Å². The molecular weight excluding hydrogens is 364 g/mol. The Hall–Kier alpha value is -2.38. The van der Waals surface area contributed by atoms with E-state index < -0.39 is 0 Å². The van der Waals surface area contributed by atoms with E-state index in [1.54, 1.807) is 11.3 Å². The quantitative estimate of drug-likeness (QED) is 0.663. The van der Waals surface area contributed by atoms with E-state index in [2.05, 4.69) is 26.7 Å². The van der Waals surface area contributed by atoms with Gasteiger partial charge in [-0.05, 0) is 24.3 Å². The molecule has 1 unspecified atom stereocenters. The summed E-state index contributed by atoms with van der Waals surface area (Å²) in [6.07, 6.45) is 1.48. The monoisotopic (exact) mass is 382 g/mol. The second kappa shape index (κ2) is 7.47. The Kier molecular flexibility index (Phi) is 4.90. The number of nitrogens with one attached hydrogen (secondary N) is 1. The molecule has 1 atom stereocenters. The van der Waals surface area contributed by atoms with Crippen molar-refractivity contribution < 1.29 is 4.79 Å². The van der Waals surface area contributed by atoms with Gasteiger partial charge in [0.25, 0.3) is 0 Å². The first-order valence-corrected chi connectivity index (χ1v) is 10.1. The Balaban J connectivity index is 1.47. The number of aromatic nitrogens is 2. The highest BCUT2D eigenvalue weighted by molar-refractivity contribution is 8.00. The summed E-state index contributed by atoms with van der Waals surface area (Å²) in [4.78, 5) is 22.6. The number of hydrogen-bond donors (Lipinski definition) is 2. The molecule has 1 amide bonds. The number of carbonyl (C=O) groups excluding carboxylic acids is 1. The van der Waals surface area contributed by atoms with E-state index in [9.17, 15) is 4.79 Å². The van der Waals surface area contributed by atoms with Crippen LogP contribution in [0.2, 0.25) is 0 Å². The van der Waals surface area contributed by atoms with Gasteiger partial charge in [0.15, 0.2) is 0 Å². The van der Waals surface area contributed by atoms with Crippen LogP contribution in [0.4, 0.5) is 5.95 Å². The number of thiophene rings is 1. The van der Waals surface area contributed by atoms with Crippen LogP contribution < -0.4 is 11.1 Å². The second-order valence-corrected chi connectivity index (χ2v) is 8.23. The average Bonchev–Trinajstić information content (AvgIpc) is 3.31. The molecule has 7 heteroatoms. The lowest BCUT2D eigenvalue weighted by molar-refractivity contribution is -0.120. The van der Waals surface area contributed by atoms with Crippen molar-refractivity contribution in [2.45, 2.75) is 23.1 Å². The third-order valence-corrected chi connectivity index (χ3v) is 6.38. The van der Waals surface area contributed by atoms with E-state index in [1.165, 1.54) is 16.6 Å². The van der Waals surface area contributed by atoms with Gasteiger partial charge in [-0.3, -0.25) is 4.79 Å². The molecule has 26 heavy (non-hydrogen) atoms. The summed E-state index contributed by atoms with van der Waals surface area (Å²) in [5.41, 5.74) is 8.72. The topological polar surface area (TPSA) is 80.9 Å². The van der Waals surface area contributed by atoms with Gasteiger partial charge in [0.05, 0.1) is 10.9 Å². The van der Waals surface area contributed by atoms with Crippen LogP contribution in [0.3, 0.4) is 0 Å². The molecule has 0 fully saturated rings. The van der Waals surface area contributed by atoms with E-state index in [4.69, 9.17) is 5.73 Å². The fourth-order valence-corrected chi connectivity index (χ4v) is 4.87. The predicted molar refractivity (Wildman–Crippen MR) is 106 cm³/mol. The summed E-state index contributed by atoms with van der Waals surface area (Å²) in [7, 11) is 0. The molecule has 1 aliphatic heterocycles. The number of nitrogens with two attached hydrogens (primary N) is 1. The van der Waals surface area contributed by atoms with Gasteiger partial charge >= 0.3 is 0 Å². The number of nitrogens with zero attached hydrogens (tertiary/aromatic N) is 2. The number of hydrogen-bond acceptors (Lipinski definition) is 6. The molecule has 3 N–H and O–H groups in total. The normalized spacial score (nSPS) is 15.6. The molecule has 3 heterocycles. The summed E-state index contributed by atoms with van der Waals surface area (Å²) < 4.78 is 0. The lowest BCUT2D eigenvalue weighted by atomic mass is 10.0. The number of carbonyl (C=O) groups is 1. The SMILES string of the molecule is Nc1nc2c(c(-c3ccccc3)n1)CC(C(=O)NCCc1cccs1)S2. The van der Waals surface area contributed by atoms with Crippen molar-refractivity contribution in [2.75, 3.05) is 12.3 Å². The molecule has 0 bridgehead atoms. The van der Waals surface area contributed by atoms with Crippen LogP contribution >= 0.6 is 23.1 Å². The third-order valence-electron chi connectivity index (χ3n) is 4.22. The van der Waals surface area contributed by atoms with Gasteiger partial charge in [-0.1, -0.05) is 48.2 Å². The molecule has 0 saturated carbocycles. The summed E-state index contributed by atoms with van der Waals surface area (Å²) in [6, 6.07) is 14.0. The van der Waals surface area contributed by atoms with Gasteiger partial charge in [0.1, 0.15) is 5.03 Å². The van der Waals surface area contributed by atoms with Crippen molar-refractivity contribution in [1.82, 2.24) is 15.3 Å². The van der Waals surface area contributed by atoms with Crippen molar-refractivity contribution in [3.63, 3.8) is 0 Å². The van der Waals surface area contributed by atoms with Crippen LogP contribution in [0.15, 0.2) is 52.9 Å². The van der Waals surface area contributed by atoms with Gasteiger partial charge in [-0.25, -0.2) is 9.97 Å². The molecule has 132 valence electrons. The molecular formula is C19H18N4OS2. The Bertz CT molecular complexity index is 913. The van der Waals surface area contributed by atoms with E-state index in [0.29, 0.717) is 13.0 Å². The molecule has 5 nitrogen and oxygen atoms in total. The second-order valence-electron chi connectivity index (χ2n) is 6.01. The lowest BCUT2D eigenvalue weighted by Crippen LogP contribution is -2.33. The molecule has 0 radical (unpaired) electrons. The summed E-state index contributed by atoms with van der Waals surface area (Å²) >= 11 is 3.18. The minimum Gasteiger partial charge on any atom is -0.368 e. The highest BCUT2D eigenvalue weighted by atomic mass is 32.2. The fourth-order valence-electron chi connectivity index (χ4n) is 2.98. The summed E-state index contributed by atoms with van der Waals surface area (Å²) in [5, 5.41) is 5.72. The van der Waals surface area contributed by atoms with Crippen molar-refractivity contribution in [3.8, 4) is 11.3 Å². The van der Waals surface area contributed by atoms with Gasteiger partial charge in [-0.2, -0.15) is 0 Å². The van der Waals surface area contributed by atoms with Crippen molar-refractivity contribution in [2.24, 2.45) is 0 Å². The van der Waals surface area contributed by atoms with Gasteiger partial charge in [0.2, 0.25) is 11.9 Å². The predicted octanol–water partition coefficient (Wildman–Crippen LogP) is 3.16. The summed E-state index contributed by atoms with van der Waals surface area (Å²) in [5.74, 6) is 0.288. The average molecular weight is 383 g/mol. The Labute approximate surface area is 160 Å². The molecule has 1 aromatic carbocycles. The maximum Gasteiger partial charge on any atom is 0.233 e. The van der Waals surface area contributed by atoms with E-state index in [1.807, 2.05) is 36.4 Å².